The SMILES string of the molecule is COc1ccc(C(=O)Nn2ccnc2-c2ccccc2C)cc1. The second-order valence-corrected chi connectivity index (χ2v) is 5.11. The van der Waals surface area contributed by atoms with Crippen molar-refractivity contribution < 1.29 is 9.53 Å². The molecule has 0 fully saturated rings. The van der Waals surface area contributed by atoms with E-state index in [0.29, 0.717) is 17.1 Å². The van der Waals surface area contributed by atoms with Gasteiger partial charge >= 0.3 is 0 Å². The Morgan fingerprint density at radius 3 is 2.57 bits per heavy atom. The fourth-order valence-corrected chi connectivity index (χ4v) is 2.33. The lowest BCUT2D eigenvalue weighted by atomic mass is 10.1. The molecular formula is C18H17N3O2. The van der Waals surface area contributed by atoms with Gasteiger partial charge in [-0.1, -0.05) is 24.3 Å². The molecule has 0 aliphatic rings. The fourth-order valence-electron chi connectivity index (χ4n) is 2.33. The molecule has 0 saturated heterocycles. The zero-order chi connectivity index (χ0) is 16.2. The minimum atomic E-state index is -0.208. The number of imidazole rings is 1. The van der Waals surface area contributed by atoms with Crippen molar-refractivity contribution in [1.82, 2.24) is 9.66 Å². The highest BCUT2D eigenvalue weighted by Crippen LogP contribution is 2.20. The Kier molecular flexibility index (Phi) is 4.10. The zero-order valence-electron chi connectivity index (χ0n) is 13.0. The van der Waals surface area contributed by atoms with Gasteiger partial charge in [0, 0.05) is 23.5 Å². The summed E-state index contributed by atoms with van der Waals surface area (Å²) in [6.07, 6.45) is 3.39. The fraction of sp³-hybridized carbons (Fsp3) is 0.111. The third kappa shape index (κ3) is 3.08. The number of aryl methyl sites for hydroxylation is 1. The summed E-state index contributed by atoms with van der Waals surface area (Å²) >= 11 is 0. The summed E-state index contributed by atoms with van der Waals surface area (Å²) in [6.45, 7) is 2.01. The first-order valence-electron chi connectivity index (χ1n) is 7.24. The van der Waals surface area contributed by atoms with Crippen molar-refractivity contribution in [2.24, 2.45) is 0 Å². The quantitative estimate of drug-likeness (QED) is 0.805. The number of amides is 1. The normalized spacial score (nSPS) is 10.3. The Hall–Kier alpha value is -3.08. The second kappa shape index (κ2) is 6.36. The predicted molar refractivity (Wildman–Crippen MR) is 89.1 cm³/mol. The van der Waals surface area contributed by atoms with Crippen LogP contribution in [0.1, 0.15) is 15.9 Å². The van der Waals surface area contributed by atoms with E-state index in [0.717, 1.165) is 11.1 Å². The van der Waals surface area contributed by atoms with E-state index < -0.39 is 0 Å². The van der Waals surface area contributed by atoms with Crippen LogP contribution in [0.3, 0.4) is 0 Å². The molecule has 23 heavy (non-hydrogen) atoms. The molecule has 0 aliphatic carbocycles. The van der Waals surface area contributed by atoms with Gasteiger partial charge in [-0.05, 0) is 36.8 Å². The van der Waals surface area contributed by atoms with Crippen molar-refractivity contribution in [1.29, 1.82) is 0 Å². The molecule has 0 saturated carbocycles. The Morgan fingerprint density at radius 2 is 1.87 bits per heavy atom. The van der Waals surface area contributed by atoms with Crippen LogP contribution in [0.4, 0.5) is 0 Å². The van der Waals surface area contributed by atoms with Crippen LogP contribution in [0.15, 0.2) is 60.9 Å². The van der Waals surface area contributed by atoms with Crippen LogP contribution < -0.4 is 10.2 Å². The standard InChI is InChI=1S/C18H17N3O2/c1-13-5-3-4-6-16(13)17-19-11-12-21(17)20-18(22)14-7-9-15(23-2)10-8-14/h3-12H,1-2H3,(H,20,22). The molecule has 116 valence electrons. The number of carbonyl (C=O) groups is 1. The van der Waals surface area contributed by atoms with Gasteiger partial charge in [0.25, 0.3) is 5.91 Å². The second-order valence-electron chi connectivity index (χ2n) is 5.11. The number of ether oxygens (including phenoxy) is 1. The van der Waals surface area contributed by atoms with E-state index >= 15 is 0 Å². The van der Waals surface area contributed by atoms with E-state index in [1.54, 1.807) is 48.4 Å². The Balaban J connectivity index is 1.85. The number of nitrogens with one attached hydrogen (secondary N) is 1. The summed E-state index contributed by atoms with van der Waals surface area (Å²) in [7, 11) is 1.59. The maximum atomic E-state index is 12.4. The van der Waals surface area contributed by atoms with Crippen molar-refractivity contribution in [3.05, 3.63) is 72.1 Å². The number of nitrogens with zero attached hydrogens (tertiary/aromatic N) is 2. The Morgan fingerprint density at radius 1 is 1.13 bits per heavy atom. The van der Waals surface area contributed by atoms with Gasteiger partial charge in [0.2, 0.25) is 0 Å². The monoisotopic (exact) mass is 307 g/mol. The lowest BCUT2D eigenvalue weighted by Crippen LogP contribution is -2.23. The molecule has 1 aromatic heterocycles. The predicted octanol–water partition coefficient (Wildman–Crippen LogP) is 3.25. The first kappa shape index (κ1) is 14.8. The molecule has 0 bridgehead atoms. The molecule has 3 aromatic rings. The molecule has 0 spiro atoms. The molecule has 0 unspecified atom stereocenters. The summed E-state index contributed by atoms with van der Waals surface area (Å²) in [5.74, 6) is 1.20. The van der Waals surface area contributed by atoms with Crippen LogP contribution in [-0.4, -0.2) is 22.7 Å². The van der Waals surface area contributed by atoms with Gasteiger partial charge in [-0.15, -0.1) is 0 Å². The van der Waals surface area contributed by atoms with Crippen molar-refractivity contribution in [3.63, 3.8) is 0 Å². The highest BCUT2D eigenvalue weighted by molar-refractivity contribution is 6.00. The lowest BCUT2D eigenvalue weighted by Gasteiger charge is -2.11. The molecule has 3 rings (SSSR count). The minimum Gasteiger partial charge on any atom is -0.497 e. The van der Waals surface area contributed by atoms with E-state index in [4.69, 9.17) is 4.74 Å². The van der Waals surface area contributed by atoms with Crippen LogP contribution in [-0.2, 0) is 0 Å². The van der Waals surface area contributed by atoms with Crippen molar-refractivity contribution >= 4 is 5.91 Å². The van der Waals surface area contributed by atoms with Gasteiger partial charge in [-0.2, -0.15) is 0 Å². The number of methoxy groups -OCH3 is 1. The number of hydrogen-bond donors (Lipinski definition) is 1. The lowest BCUT2D eigenvalue weighted by molar-refractivity contribution is 0.101. The van der Waals surface area contributed by atoms with Crippen LogP contribution in [0, 0.1) is 6.92 Å². The molecule has 5 nitrogen and oxygen atoms in total. The number of rotatable bonds is 4. The summed E-state index contributed by atoms with van der Waals surface area (Å²) < 4.78 is 6.73. The van der Waals surface area contributed by atoms with E-state index in [2.05, 4.69) is 10.4 Å². The molecule has 1 N–H and O–H groups in total. The Bertz CT molecular complexity index is 822. The molecule has 0 aliphatic heterocycles. The van der Waals surface area contributed by atoms with Crippen molar-refractivity contribution in [3.8, 4) is 17.1 Å². The van der Waals surface area contributed by atoms with Crippen LogP contribution in [0.5, 0.6) is 5.75 Å². The minimum absolute atomic E-state index is 0.208. The van der Waals surface area contributed by atoms with Gasteiger partial charge in [0.15, 0.2) is 5.82 Å². The van der Waals surface area contributed by atoms with E-state index in [9.17, 15) is 4.79 Å². The summed E-state index contributed by atoms with van der Waals surface area (Å²) in [6, 6.07) is 14.9. The summed E-state index contributed by atoms with van der Waals surface area (Å²) in [5.41, 5.74) is 5.47. The van der Waals surface area contributed by atoms with Gasteiger partial charge in [-0.25, -0.2) is 9.66 Å². The van der Waals surface area contributed by atoms with Crippen molar-refractivity contribution in [2.45, 2.75) is 6.92 Å². The van der Waals surface area contributed by atoms with Crippen molar-refractivity contribution in [2.75, 3.05) is 12.5 Å². The smallest absolute Gasteiger partial charge is 0.270 e. The average molecular weight is 307 g/mol. The third-order valence-electron chi connectivity index (χ3n) is 3.60. The van der Waals surface area contributed by atoms with E-state index in [1.165, 1.54) is 0 Å². The van der Waals surface area contributed by atoms with E-state index in [-0.39, 0.29) is 5.91 Å². The maximum absolute atomic E-state index is 12.4. The van der Waals surface area contributed by atoms with Gasteiger partial charge in [-0.3, -0.25) is 10.2 Å². The summed E-state index contributed by atoms with van der Waals surface area (Å²) in [5, 5.41) is 0. The average Bonchev–Trinajstić information content (AvgIpc) is 3.03. The number of aromatic nitrogens is 2. The van der Waals surface area contributed by atoms with Crippen LogP contribution >= 0.6 is 0 Å². The van der Waals surface area contributed by atoms with E-state index in [1.807, 2.05) is 31.2 Å². The molecular weight excluding hydrogens is 290 g/mol. The topological polar surface area (TPSA) is 56.1 Å². The number of hydrogen-bond acceptors (Lipinski definition) is 3. The molecule has 5 heteroatoms. The third-order valence-corrected chi connectivity index (χ3v) is 3.60. The molecule has 2 aromatic carbocycles. The molecule has 0 radical (unpaired) electrons. The van der Waals surface area contributed by atoms with Gasteiger partial charge in [0.05, 0.1) is 7.11 Å². The zero-order valence-corrected chi connectivity index (χ0v) is 13.0. The number of benzene rings is 2. The van der Waals surface area contributed by atoms with Crippen LogP contribution in [0.25, 0.3) is 11.4 Å². The maximum Gasteiger partial charge on any atom is 0.270 e. The highest BCUT2D eigenvalue weighted by atomic mass is 16.5. The number of carbonyl (C=O) groups excluding carboxylic acids is 1. The summed E-state index contributed by atoms with van der Waals surface area (Å²) in [4.78, 5) is 16.7. The Labute approximate surface area is 134 Å². The molecule has 1 amide bonds. The first-order chi connectivity index (χ1) is 11.2. The van der Waals surface area contributed by atoms with Crippen LogP contribution in [0.2, 0.25) is 0 Å². The van der Waals surface area contributed by atoms with Gasteiger partial charge in [0.1, 0.15) is 5.75 Å². The highest BCUT2D eigenvalue weighted by Gasteiger charge is 2.12. The van der Waals surface area contributed by atoms with Gasteiger partial charge < -0.3 is 4.74 Å². The first-order valence-corrected chi connectivity index (χ1v) is 7.24. The molecule has 0 atom stereocenters. The molecule has 1 heterocycles. The largest absolute Gasteiger partial charge is 0.497 e.